The zero-order valence-corrected chi connectivity index (χ0v) is 14.0. The molecule has 21 heavy (non-hydrogen) atoms. The molecule has 5 heteroatoms. The fourth-order valence-electron chi connectivity index (χ4n) is 2.87. The molecule has 4 nitrogen and oxygen atoms in total. The Hall–Kier alpha value is -0.910. The molecular formula is C16H26N2O2S. The fourth-order valence-corrected chi connectivity index (χ4v) is 4.59. The van der Waals surface area contributed by atoms with Gasteiger partial charge in [-0.05, 0) is 42.4 Å². The molecule has 1 aliphatic heterocycles. The van der Waals surface area contributed by atoms with Crippen LogP contribution in [0.25, 0.3) is 0 Å². The van der Waals surface area contributed by atoms with Gasteiger partial charge in [0, 0.05) is 19.1 Å². The maximum atomic E-state index is 12.8. The van der Waals surface area contributed by atoms with Gasteiger partial charge in [-0.1, -0.05) is 32.9 Å². The van der Waals surface area contributed by atoms with E-state index < -0.39 is 10.0 Å². The Bertz CT molecular complexity index is 596. The van der Waals surface area contributed by atoms with Crippen molar-refractivity contribution in [1.82, 2.24) is 4.31 Å². The van der Waals surface area contributed by atoms with Crippen molar-refractivity contribution in [3.63, 3.8) is 0 Å². The van der Waals surface area contributed by atoms with Crippen molar-refractivity contribution in [2.24, 2.45) is 11.1 Å². The van der Waals surface area contributed by atoms with Gasteiger partial charge in [0.15, 0.2) is 0 Å². The summed E-state index contributed by atoms with van der Waals surface area (Å²) in [6.45, 7) is 7.43. The van der Waals surface area contributed by atoms with Crippen LogP contribution in [0.5, 0.6) is 0 Å². The number of sulfonamides is 1. The number of nitrogens with two attached hydrogens (primary N) is 1. The predicted molar refractivity (Wildman–Crippen MR) is 85.4 cm³/mol. The number of hydrogen-bond donors (Lipinski definition) is 1. The van der Waals surface area contributed by atoms with Crippen LogP contribution in [0, 0.1) is 5.41 Å². The highest BCUT2D eigenvalue weighted by Gasteiger charge is 2.34. The summed E-state index contributed by atoms with van der Waals surface area (Å²) >= 11 is 0. The van der Waals surface area contributed by atoms with Gasteiger partial charge in [-0.2, -0.15) is 4.31 Å². The molecule has 0 saturated carbocycles. The minimum Gasteiger partial charge on any atom is -0.324 e. The monoisotopic (exact) mass is 310 g/mol. The van der Waals surface area contributed by atoms with Crippen LogP contribution in [-0.4, -0.2) is 25.8 Å². The van der Waals surface area contributed by atoms with Gasteiger partial charge in [-0.25, -0.2) is 8.42 Å². The molecule has 118 valence electrons. The lowest BCUT2D eigenvalue weighted by Crippen LogP contribution is -2.43. The Morgan fingerprint density at radius 3 is 2.71 bits per heavy atom. The minimum atomic E-state index is -3.42. The highest BCUT2D eigenvalue weighted by molar-refractivity contribution is 7.89. The van der Waals surface area contributed by atoms with Gasteiger partial charge in [-0.15, -0.1) is 0 Å². The molecule has 0 radical (unpaired) electrons. The Morgan fingerprint density at radius 2 is 2.10 bits per heavy atom. The van der Waals surface area contributed by atoms with Gasteiger partial charge >= 0.3 is 0 Å². The van der Waals surface area contributed by atoms with Gasteiger partial charge in [0.25, 0.3) is 0 Å². The number of benzene rings is 1. The van der Waals surface area contributed by atoms with Gasteiger partial charge in [0.05, 0.1) is 4.90 Å². The molecule has 0 amide bonds. The summed E-state index contributed by atoms with van der Waals surface area (Å²) in [5.74, 6) is 0. The summed E-state index contributed by atoms with van der Waals surface area (Å²) in [6.07, 6.45) is 2.78. The van der Waals surface area contributed by atoms with Crippen LogP contribution in [0.3, 0.4) is 0 Å². The van der Waals surface area contributed by atoms with E-state index in [4.69, 9.17) is 5.73 Å². The molecule has 1 aromatic rings. The van der Waals surface area contributed by atoms with Gasteiger partial charge in [0.2, 0.25) is 10.0 Å². The second kappa shape index (κ2) is 6.07. The van der Waals surface area contributed by atoms with Crippen molar-refractivity contribution in [3.05, 3.63) is 29.8 Å². The topological polar surface area (TPSA) is 63.4 Å². The highest BCUT2D eigenvalue weighted by Crippen LogP contribution is 2.32. The molecular weight excluding hydrogens is 284 g/mol. The van der Waals surface area contributed by atoms with Crippen molar-refractivity contribution in [3.8, 4) is 0 Å². The zero-order valence-electron chi connectivity index (χ0n) is 13.2. The van der Waals surface area contributed by atoms with Crippen LogP contribution < -0.4 is 5.73 Å². The molecule has 2 rings (SSSR count). The lowest BCUT2D eigenvalue weighted by Gasteiger charge is -2.37. The van der Waals surface area contributed by atoms with Gasteiger partial charge in [-0.3, -0.25) is 0 Å². The molecule has 1 aromatic carbocycles. The van der Waals surface area contributed by atoms with Crippen LogP contribution in [0.15, 0.2) is 29.2 Å². The lowest BCUT2D eigenvalue weighted by atomic mass is 9.85. The summed E-state index contributed by atoms with van der Waals surface area (Å²) in [5, 5.41) is 0. The number of hydrogen-bond acceptors (Lipinski definition) is 3. The second-order valence-electron chi connectivity index (χ2n) is 6.69. The van der Waals surface area contributed by atoms with Crippen molar-refractivity contribution < 1.29 is 8.42 Å². The zero-order chi connectivity index (χ0) is 15.7. The quantitative estimate of drug-likeness (QED) is 0.930. The van der Waals surface area contributed by atoms with Crippen molar-refractivity contribution >= 4 is 10.0 Å². The smallest absolute Gasteiger partial charge is 0.243 e. The molecule has 1 heterocycles. The van der Waals surface area contributed by atoms with Crippen LogP contribution in [-0.2, 0) is 10.0 Å². The minimum absolute atomic E-state index is 0.0444. The molecule has 0 bridgehead atoms. The Labute approximate surface area is 128 Å². The first-order valence-corrected chi connectivity index (χ1v) is 9.06. The molecule has 0 aromatic heterocycles. The maximum Gasteiger partial charge on any atom is 0.243 e. The Balaban J connectivity index is 2.31. The average Bonchev–Trinajstić information content (AvgIpc) is 2.45. The number of piperidine rings is 1. The van der Waals surface area contributed by atoms with Crippen LogP contribution in [0.2, 0.25) is 0 Å². The normalized spacial score (nSPS) is 21.1. The number of nitrogens with zero attached hydrogens (tertiary/aromatic N) is 1. The van der Waals surface area contributed by atoms with Gasteiger partial charge < -0.3 is 5.73 Å². The average molecular weight is 310 g/mol. The van der Waals surface area contributed by atoms with Crippen molar-refractivity contribution in [2.75, 3.05) is 13.1 Å². The molecule has 1 fully saturated rings. The molecule has 2 N–H and O–H groups in total. The first-order chi connectivity index (χ1) is 9.76. The van der Waals surface area contributed by atoms with E-state index in [9.17, 15) is 8.42 Å². The summed E-state index contributed by atoms with van der Waals surface area (Å²) < 4.78 is 27.3. The third-order valence-electron chi connectivity index (χ3n) is 4.23. The summed E-state index contributed by atoms with van der Waals surface area (Å²) in [4.78, 5) is 0.363. The third-order valence-corrected chi connectivity index (χ3v) is 6.07. The Kier molecular flexibility index (Phi) is 4.76. The maximum absolute atomic E-state index is 12.8. The summed E-state index contributed by atoms with van der Waals surface area (Å²) in [5.41, 5.74) is 6.95. The second-order valence-corrected chi connectivity index (χ2v) is 8.63. The molecule has 0 spiro atoms. The number of rotatable bonds is 4. The van der Waals surface area contributed by atoms with Crippen LogP contribution in [0.1, 0.15) is 51.6 Å². The lowest BCUT2D eigenvalue weighted by molar-refractivity contribution is 0.187. The first-order valence-electron chi connectivity index (χ1n) is 7.62. The van der Waals surface area contributed by atoms with E-state index in [1.165, 1.54) is 0 Å². The SMILES string of the molecule is CCC(N)c1cccc(S(=O)(=O)N2CCCC(C)(C)C2)c1. The van der Waals surface area contributed by atoms with E-state index in [0.29, 0.717) is 18.0 Å². The van der Waals surface area contributed by atoms with E-state index in [2.05, 4.69) is 13.8 Å². The van der Waals surface area contributed by atoms with E-state index >= 15 is 0 Å². The van der Waals surface area contributed by atoms with Gasteiger partial charge in [0.1, 0.15) is 0 Å². The molecule has 1 saturated heterocycles. The van der Waals surface area contributed by atoms with Crippen molar-refractivity contribution in [1.29, 1.82) is 0 Å². The third kappa shape index (κ3) is 3.65. The standard InChI is InChI=1S/C16H26N2O2S/c1-4-15(17)13-7-5-8-14(11-13)21(19,20)18-10-6-9-16(2,3)12-18/h5,7-8,11,15H,4,6,9-10,12,17H2,1-3H3. The predicted octanol–water partition coefficient (Wildman–Crippen LogP) is 2.91. The largest absolute Gasteiger partial charge is 0.324 e. The van der Waals surface area contributed by atoms with Crippen LogP contribution >= 0.6 is 0 Å². The molecule has 0 aliphatic carbocycles. The van der Waals surface area contributed by atoms with E-state index in [1.807, 2.05) is 13.0 Å². The Morgan fingerprint density at radius 1 is 1.38 bits per heavy atom. The molecule has 1 atom stereocenters. The highest BCUT2D eigenvalue weighted by atomic mass is 32.2. The summed E-state index contributed by atoms with van der Waals surface area (Å²) in [6, 6.07) is 6.96. The summed E-state index contributed by atoms with van der Waals surface area (Å²) in [7, 11) is -3.42. The fraction of sp³-hybridized carbons (Fsp3) is 0.625. The van der Waals surface area contributed by atoms with E-state index in [-0.39, 0.29) is 11.5 Å². The first kappa shape index (κ1) is 16.5. The van der Waals surface area contributed by atoms with Crippen LogP contribution in [0.4, 0.5) is 0 Å². The molecule has 1 unspecified atom stereocenters. The van der Waals surface area contributed by atoms with E-state index in [0.717, 1.165) is 24.8 Å². The van der Waals surface area contributed by atoms with Crippen molar-refractivity contribution in [2.45, 2.75) is 51.0 Å². The van der Waals surface area contributed by atoms with E-state index in [1.54, 1.807) is 22.5 Å². The molecule has 1 aliphatic rings.